The van der Waals surface area contributed by atoms with Crippen molar-refractivity contribution in [1.82, 2.24) is 14.9 Å². The van der Waals surface area contributed by atoms with Gasteiger partial charge in [-0.3, -0.25) is 9.78 Å². The third-order valence-corrected chi connectivity index (χ3v) is 5.67. The molecule has 4 rings (SSSR count). The Hall–Kier alpha value is -2.92. The molecule has 6 heteroatoms. The third-order valence-electron chi connectivity index (χ3n) is 5.43. The van der Waals surface area contributed by atoms with E-state index in [0.29, 0.717) is 17.9 Å². The lowest BCUT2D eigenvalue weighted by molar-refractivity contribution is -0.132. The van der Waals surface area contributed by atoms with Gasteiger partial charge in [-0.15, -0.1) is 0 Å². The lowest BCUT2D eigenvalue weighted by Gasteiger charge is -2.32. The molecule has 0 spiro atoms. The highest BCUT2D eigenvalue weighted by molar-refractivity contribution is 6.30. The first-order valence-electron chi connectivity index (χ1n) is 10.3. The number of aryl methyl sites for hydroxylation is 1. The monoisotopic (exact) mass is 420 g/mol. The number of aromatic nitrogens is 2. The largest absolute Gasteiger partial charge is 0.342 e. The third kappa shape index (κ3) is 5.36. The smallest absolute Gasteiger partial charge is 0.222 e. The van der Waals surface area contributed by atoms with E-state index in [9.17, 15) is 4.79 Å². The van der Waals surface area contributed by atoms with Crippen molar-refractivity contribution in [3.05, 3.63) is 83.3 Å². The quantitative estimate of drug-likeness (QED) is 0.594. The van der Waals surface area contributed by atoms with Crippen LogP contribution >= 0.6 is 11.6 Å². The molecule has 3 heterocycles. The average Bonchev–Trinajstić information content (AvgIpc) is 2.79. The van der Waals surface area contributed by atoms with Crippen LogP contribution in [-0.4, -0.2) is 33.9 Å². The Morgan fingerprint density at radius 1 is 1.13 bits per heavy atom. The number of benzene rings is 1. The number of rotatable bonds is 6. The zero-order valence-corrected chi connectivity index (χ0v) is 17.6. The number of anilines is 2. The Bertz CT molecular complexity index is 978. The van der Waals surface area contributed by atoms with Crippen LogP contribution in [0.2, 0.25) is 5.02 Å². The van der Waals surface area contributed by atoms with Crippen LogP contribution in [0, 0.1) is 0 Å². The maximum atomic E-state index is 12.7. The molecule has 0 radical (unpaired) electrons. The van der Waals surface area contributed by atoms with Crippen LogP contribution in [0.1, 0.15) is 36.4 Å². The molecule has 1 atom stereocenters. The number of carbonyl (C=O) groups is 1. The zero-order chi connectivity index (χ0) is 20.8. The van der Waals surface area contributed by atoms with Gasteiger partial charge in [0.15, 0.2) is 0 Å². The van der Waals surface area contributed by atoms with Gasteiger partial charge in [-0.2, -0.15) is 0 Å². The van der Waals surface area contributed by atoms with Gasteiger partial charge in [-0.05, 0) is 61.2 Å². The second kappa shape index (κ2) is 9.72. The van der Waals surface area contributed by atoms with Crippen LogP contribution in [0.5, 0.6) is 0 Å². The Kier molecular flexibility index (Phi) is 6.60. The second-order valence-electron chi connectivity index (χ2n) is 7.62. The molecule has 2 aromatic heterocycles. The number of amides is 1. The number of pyridine rings is 2. The second-order valence-corrected chi connectivity index (χ2v) is 8.06. The Morgan fingerprint density at radius 2 is 2.07 bits per heavy atom. The van der Waals surface area contributed by atoms with Crippen molar-refractivity contribution >= 4 is 29.0 Å². The summed E-state index contributed by atoms with van der Waals surface area (Å²) in [5.74, 6) is 1.27. The highest BCUT2D eigenvalue weighted by Crippen LogP contribution is 2.27. The molecular weight excluding hydrogens is 396 g/mol. The number of nitrogens with one attached hydrogen (secondary N) is 1. The predicted octanol–water partition coefficient (Wildman–Crippen LogP) is 5.21. The van der Waals surface area contributed by atoms with E-state index in [2.05, 4.69) is 21.4 Å². The topological polar surface area (TPSA) is 58.1 Å². The van der Waals surface area contributed by atoms with Gasteiger partial charge in [0.05, 0.1) is 11.9 Å². The van der Waals surface area contributed by atoms with Crippen molar-refractivity contribution in [2.45, 2.75) is 31.6 Å². The number of hydrogen-bond donors (Lipinski definition) is 1. The van der Waals surface area contributed by atoms with Gasteiger partial charge in [0.25, 0.3) is 0 Å². The summed E-state index contributed by atoms with van der Waals surface area (Å²) in [4.78, 5) is 23.7. The van der Waals surface area contributed by atoms with Crippen LogP contribution in [0.15, 0.2) is 67.0 Å². The molecule has 1 aromatic carbocycles. The molecule has 3 aromatic rings. The first-order valence-corrected chi connectivity index (χ1v) is 10.7. The first kappa shape index (κ1) is 20.4. The standard InChI is InChI=1S/C24H25ClN4O/c25-20-7-3-5-18(15-20)9-12-24(30)29-14-4-6-19(17-29)22-11-10-21(16-27-22)28-23-8-1-2-13-26-23/h1-3,5,7-8,10-11,13,15-16,19H,4,6,9,12,14,17H2,(H,26,28)/t19-/m1/s1. The number of carbonyl (C=O) groups excluding carboxylic acids is 1. The molecule has 0 bridgehead atoms. The molecule has 0 saturated carbocycles. The van der Waals surface area contributed by atoms with Crippen molar-refractivity contribution in [3.63, 3.8) is 0 Å². The molecule has 1 amide bonds. The average molecular weight is 421 g/mol. The van der Waals surface area contributed by atoms with Crippen LogP contribution in [0.3, 0.4) is 0 Å². The Morgan fingerprint density at radius 3 is 2.83 bits per heavy atom. The number of hydrogen-bond acceptors (Lipinski definition) is 4. The molecule has 30 heavy (non-hydrogen) atoms. The van der Waals surface area contributed by atoms with Crippen LogP contribution in [-0.2, 0) is 11.2 Å². The molecule has 1 fully saturated rings. The number of nitrogens with zero attached hydrogens (tertiary/aromatic N) is 3. The Labute approximate surface area is 182 Å². The summed E-state index contributed by atoms with van der Waals surface area (Å²) in [5.41, 5.74) is 3.04. The van der Waals surface area contributed by atoms with E-state index >= 15 is 0 Å². The summed E-state index contributed by atoms with van der Waals surface area (Å²) in [6.45, 7) is 1.55. The Balaban J connectivity index is 1.33. The van der Waals surface area contributed by atoms with Crippen LogP contribution < -0.4 is 5.32 Å². The normalized spacial score (nSPS) is 16.3. The van der Waals surface area contributed by atoms with E-state index in [4.69, 9.17) is 11.6 Å². The van der Waals surface area contributed by atoms with Crippen molar-refractivity contribution < 1.29 is 4.79 Å². The molecule has 1 saturated heterocycles. The molecular formula is C24H25ClN4O. The molecule has 0 unspecified atom stereocenters. The van der Waals surface area contributed by atoms with Crippen LogP contribution in [0.4, 0.5) is 11.5 Å². The maximum Gasteiger partial charge on any atom is 0.222 e. The fraction of sp³-hybridized carbons (Fsp3) is 0.292. The lowest BCUT2D eigenvalue weighted by Crippen LogP contribution is -2.39. The van der Waals surface area contributed by atoms with E-state index < -0.39 is 0 Å². The fourth-order valence-corrected chi connectivity index (χ4v) is 4.07. The van der Waals surface area contributed by atoms with E-state index in [0.717, 1.165) is 48.7 Å². The van der Waals surface area contributed by atoms with Gasteiger partial charge in [0.2, 0.25) is 5.91 Å². The molecule has 154 valence electrons. The molecule has 1 N–H and O–H groups in total. The summed E-state index contributed by atoms with van der Waals surface area (Å²) >= 11 is 6.04. The van der Waals surface area contributed by atoms with Crippen molar-refractivity contribution in [3.8, 4) is 0 Å². The van der Waals surface area contributed by atoms with Crippen molar-refractivity contribution in [2.24, 2.45) is 0 Å². The first-order chi connectivity index (χ1) is 14.7. The number of piperidine rings is 1. The summed E-state index contributed by atoms with van der Waals surface area (Å²) in [5, 5.41) is 3.96. The highest BCUT2D eigenvalue weighted by Gasteiger charge is 2.25. The summed E-state index contributed by atoms with van der Waals surface area (Å²) in [6.07, 6.45) is 6.87. The van der Waals surface area contributed by atoms with Gasteiger partial charge in [-0.25, -0.2) is 4.98 Å². The van der Waals surface area contributed by atoms with Crippen molar-refractivity contribution in [1.29, 1.82) is 0 Å². The summed E-state index contributed by atoms with van der Waals surface area (Å²) in [6, 6.07) is 17.5. The number of halogens is 1. The van der Waals surface area contributed by atoms with Gasteiger partial charge >= 0.3 is 0 Å². The predicted molar refractivity (Wildman–Crippen MR) is 120 cm³/mol. The molecule has 5 nitrogen and oxygen atoms in total. The minimum Gasteiger partial charge on any atom is -0.342 e. The zero-order valence-electron chi connectivity index (χ0n) is 16.8. The minimum atomic E-state index is 0.202. The molecule has 0 aliphatic carbocycles. The lowest BCUT2D eigenvalue weighted by atomic mass is 9.94. The summed E-state index contributed by atoms with van der Waals surface area (Å²) in [7, 11) is 0. The highest BCUT2D eigenvalue weighted by atomic mass is 35.5. The van der Waals surface area contributed by atoms with Gasteiger partial charge < -0.3 is 10.2 Å². The van der Waals surface area contributed by atoms with E-state index in [1.807, 2.05) is 59.6 Å². The van der Waals surface area contributed by atoms with Crippen LogP contribution in [0.25, 0.3) is 0 Å². The van der Waals surface area contributed by atoms with E-state index in [-0.39, 0.29) is 11.8 Å². The van der Waals surface area contributed by atoms with Crippen molar-refractivity contribution in [2.75, 3.05) is 18.4 Å². The number of likely N-dealkylation sites (tertiary alicyclic amines) is 1. The summed E-state index contributed by atoms with van der Waals surface area (Å²) < 4.78 is 0. The van der Waals surface area contributed by atoms with Gasteiger partial charge in [0, 0.05) is 42.3 Å². The van der Waals surface area contributed by atoms with E-state index in [1.165, 1.54) is 0 Å². The molecule has 1 aliphatic rings. The van der Waals surface area contributed by atoms with Gasteiger partial charge in [-0.1, -0.05) is 29.8 Å². The fourth-order valence-electron chi connectivity index (χ4n) is 3.85. The van der Waals surface area contributed by atoms with Gasteiger partial charge in [0.1, 0.15) is 5.82 Å². The molecule has 1 aliphatic heterocycles. The minimum absolute atomic E-state index is 0.202. The maximum absolute atomic E-state index is 12.7. The van der Waals surface area contributed by atoms with E-state index in [1.54, 1.807) is 6.20 Å². The SMILES string of the molecule is O=C(CCc1cccc(Cl)c1)N1CCC[C@@H](c2ccc(Nc3ccccn3)cn2)C1.